The number of carbonyl (C=O) groups excluding carboxylic acids is 2. The van der Waals surface area contributed by atoms with E-state index in [0.29, 0.717) is 17.9 Å². The predicted octanol–water partition coefficient (Wildman–Crippen LogP) is 4.42. The van der Waals surface area contributed by atoms with Gasteiger partial charge in [-0.25, -0.2) is 0 Å². The predicted molar refractivity (Wildman–Crippen MR) is 111 cm³/mol. The number of anilines is 1. The molecule has 0 spiro atoms. The van der Waals surface area contributed by atoms with E-state index in [-0.39, 0.29) is 18.4 Å². The van der Waals surface area contributed by atoms with Crippen molar-refractivity contribution in [2.45, 2.75) is 46.0 Å². The Labute approximate surface area is 167 Å². The molecule has 0 unspecified atom stereocenters. The third-order valence-electron chi connectivity index (χ3n) is 4.43. The molecule has 0 aliphatic rings. The molecule has 5 heteroatoms. The van der Waals surface area contributed by atoms with Gasteiger partial charge in [0.1, 0.15) is 5.75 Å². The number of methoxy groups -OCH3 is 1. The highest BCUT2D eigenvalue weighted by molar-refractivity contribution is 5.94. The second-order valence-corrected chi connectivity index (χ2v) is 7.86. The van der Waals surface area contributed by atoms with Gasteiger partial charge in [-0.1, -0.05) is 51.1 Å². The smallest absolute Gasteiger partial charge is 0.306 e. The summed E-state index contributed by atoms with van der Waals surface area (Å²) in [7, 11) is 1.54. The minimum atomic E-state index is -0.397. The first kappa shape index (κ1) is 21.5. The summed E-state index contributed by atoms with van der Waals surface area (Å²) in [6.07, 6.45) is 0.812. The topological polar surface area (TPSA) is 64.6 Å². The average Bonchev–Trinajstić information content (AvgIpc) is 2.64. The molecule has 150 valence electrons. The fourth-order valence-corrected chi connectivity index (χ4v) is 2.74. The van der Waals surface area contributed by atoms with Crippen LogP contribution in [-0.4, -0.2) is 25.6 Å². The highest BCUT2D eigenvalue weighted by atomic mass is 16.5. The maximum absolute atomic E-state index is 12.1. The first-order valence-corrected chi connectivity index (χ1v) is 9.38. The van der Waals surface area contributed by atoms with E-state index in [1.807, 2.05) is 25.1 Å². The molecule has 1 amide bonds. The van der Waals surface area contributed by atoms with Crippen LogP contribution in [0, 0.1) is 6.92 Å². The maximum atomic E-state index is 12.1. The van der Waals surface area contributed by atoms with Gasteiger partial charge in [0.25, 0.3) is 5.91 Å². The summed E-state index contributed by atoms with van der Waals surface area (Å²) < 4.78 is 10.3. The fraction of sp³-hybridized carbons (Fsp3) is 0.391. The molecule has 2 rings (SSSR count). The molecule has 0 atom stereocenters. The Hall–Kier alpha value is -2.82. The normalized spacial score (nSPS) is 11.0. The van der Waals surface area contributed by atoms with Crippen molar-refractivity contribution in [1.29, 1.82) is 0 Å². The van der Waals surface area contributed by atoms with E-state index < -0.39 is 11.9 Å². The Morgan fingerprint density at radius 1 is 1.04 bits per heavy atom. The standard InChI is InChI=1S/C23H29NO4/c1-16-6-12-20(27-5)19(14-16)24-21(25)15-28-22(26)13-9-17-7-10-18(11-8-17)23(2,3)4/h6-8,10-12,14H,9,13,15H2,1-5H3,(H,24,25). The first-order valence-electron chi connectivity index (χ1n) is 9.38. The zero-order valence-corrected chi connectivity index (χ0v) is 17.3. The summed E-state index contributed by atoms with van der Waals surface area (Å²) in [5.74, 6) is -0.234. The highest BCUT2D eigenvalue weighted by Gasteiger charge is 2.14. The molecule has 0 heterocycles. The molecule has 28 heavy (non-hydrogen) atoms. The molecule has 0 bridgehead atoms. The summed E-state index contributed by atoms with van der Waals surface area (Å²) in [5, 5.41) is 2.71. The van der Waals surface area contributed by atoms with Gasteiger partial charge in [0.05, 0.1) is 12.8 Å². The van der Waals surface area contributed by atoms with E-state index in [1.54, 1.807) is 12.1 Å². The second kappa shape index (κ2) is 9.40. The molecule has 5 nitrogen and oxygen atoms in total. The van der Waals surface area contributed by atoms with Crippen LogP contribution in [0.4, 0.5) is 5.69 Å². The van der Waals surface area contributed by atoms with Gasteiger partial charge >= 0.3 is 5.97 Å². The summed E-state index contributed by atoms with van der Waals surface area (Å²) in [6.45, 7) is 8.09. The van der Waals surface area contributed by atoms with Crippen LogP contribution >= 0.6 is 0 Å². The van der Waals surface area contributed by atoms with Gasteiger partial charge < -0.3 is 14.8 Å². The molecular formula is C23H29NO4. The van der Waals surface area contributed by atoms with Gasteiger partial charge in [-0.05, 0) is 47.6 Å². The Kier molecular flexibility index (Phi) is 7.21. The maximum Gasteiger partial charge on any atom is 0.306 e. The van der Waals surface area contributed by atoms with Crippen LogP contribution in [0.25, 0.3) is 0 Å². The van der Waals surface area contributed by atoms with Crippen molar-refractivity contribution in [3.8, 4) is 5.75 Å². The molecule has 0 saturated carbocycles. The summed E-state index contributed by atoms with van der Waals surface area (Å²) >= 11 is 0. The van der Waals surface area contributed by atoms with Crippen LogP contribution in [0.3, 0.4) is 0 Å². The summed E-state index contributed by atoms with van der Waals surface area (Å²) in [4.78, 5) is 24.0. The highest BCUT2D eigenvalue weighted by Crippen LogP contribution is 2.25. The van der Waals surface area contributed by atoms with E-state index in [2.05, 4.69) is 38.2 Å². The lowest BCUT2D eigenvalue weighted by atomic mass is 9.86. The molecule has 1 N–H and O–H groups in total. The van der Waals surface area contributed by atoms with Gasteiger partial charge in [0, 0.05) is 6.42 Å². The van der Waals surface area contributed by atoms with E-state index >= 15 is 0 Å². The minimum absolute atomic E-state index is 0.102. The minimum Gasteiger partial charge on any atom is -0.495 e. The van der Waals surface area contributed by atoms with Crippen molar-refractivity contribution in [2.75, 3.05) is 19.0 Å². The SMILES string of the molecule is COc1ccc(C)cc1NC(=O)COC(=O)CCc1ccc(C(C)(C)C)cc1. The molecule has 2 aromatic carbocycles. The number of hydrogen-bond donors (Lipinski definition) is 1. The van der Waals surface area contributed by atoms with Gasteiger partial charge in [-0.3, -0.25) is 9.59 Å². The van der Waals surface area contributed by atoms with Crippen molar-refractivity contribution in [3.05, 3.63) is 59.2 Å². The number of amides is 1. The van der Waals surface area contributed by atoms with E-state index in [9.17, 15) is 9.59 Å². The van der Waals surface area contributed by atoms with Crippen molar-refractivity contribution in [2.24, 2.45) is 0 Å². The van der Waals surface area contributed by atoms with Crippen LogP contribution in [0.5, 0.6) is 5.75 Å². The van der Waals surface area contributed by atoms with Crippen LogP contribution in [0.1, 0.15) is 43.9 Å². The molecule has 2 aromatic rings. The quantitative estimate of drug-likeness (QED) is 0.719. The number of benzene rings is 2. The number of hydrogen-bond acceptors (Lipinski definition) is 4. The first-order chi connectivity index (χ1) is 13.2. The molecule has 0 radical (unpaired) electrons. The van der Waals surface area contributed by atoms with Gasteiger partial charge in [-0.2, -0.15) is 0 Å². The van der Waals surface area contributed by atoms with Gasteiger partial charge in [-0.15, -0.1) is 0 Å². The number of ether oxygens (including phenoxy) is 2. The zero-order chi connectivity index (χ0) is 20.7. The number of nitrogens with one attached hydrogen (secondary N) is 1. The van der Waals surface area contributed by atoms with Crippen molar-refractivity contribution >= 4 is 17.6 Å². The van der Waals surface area contributed by atoms with Gasteiger partial charge in [0.15, 0.2) is 6.61 Å². The van der Waals surface area contributed by atoms with Gasteiger partial charge in [0.2, 0.25) is 0 Å². The lowest BCUT2D eigenvalue weighted by molar-refractivity contribution is -0.147. The van der Waals surface area contributed by atoms with E-state index in [4.69, 9.17) is 9.47 Å². The zero-order valence-electron chi connectivity index (χ0n) is 17.3. The number of carbonyl (C=O) groups is 2. The average molecular weight is 383 g/mol. The Morgan fingerprint density at radius 3 is 2.32 bits per heavy atom. The van der Waals surface area contributed by atoms with Crippen LogP contribution in [0.2, 0.25) is 0 Å². The molecule has 0 fully saturated rings. The molecular weight excluding hydrogens is 354 g/mol. The number of aryl methyl sites for hydroxylation is 2. The Balaban J connectivity index is 1.79. The summed E-state index contributed by atoms with van der Waals surface area (Å²) in [5.41, 5.74) is 3.97. The lowest BCUT2D eigenvalue weighted by Crippen LogP contribution is -2.21. The van der Waals surface area contributed by atoms with Crippen molar-refractivity contribution in [1.82, 2.24) is 0 Å². The molecule has 0 aromatic heterocycles. The molecule has 0 saturated heterocycles. The molecule has 0 aliphatic carbocycles. The van der Waals surface area contributed by atoms with E-state index in [1.165, 1.54) is 12.7 Å². The van der Waals surface area contributed by atoms with Crippen LogP contribution in [-0.2, 0) is 26.2 Å². The van der Waals surface area contributed by atoms with Crippen molar-refractivity contribution < 1.29 is 19.1 Å². The number of rotatable bonds is 7. The fourth-order valence-electron chi connectivity index (χ4n) is 2.74. The van der Waals surface area contributed by atoms with Crippen LogP contribution < -0.4 is 10.1 Å². The third-order valence-corrected chi connectivity index (χ3v) is 4.43. The van der Waals surface area contributed by atoms with E-state index in [0.717, 1.165) is 11.1 Å². The Bertz CT molecular complexity index is 819. The molecule has 0 aliphatic heterocycles. The lowest BCUT2D eigenvalue weighted by Gasteiger charge is -2.19. The van der Waals surface area contributed by atoms with Crippen LogP contribution in [0.15, 0.2) is 42.5 Å². The largest absolute Gasteiger partial charge is 0.495 e. The summed E-state index contributed by atoms with van der Waals surface area (Å²) in [6, 6.07) is 13.7. The second-order valence-electron chi connectivity index (χ2n) is 7.86. The Morgan fingerprint density at radius 2 is 1.71 bits per heavy atom. The number of esters is 1. The van der Waals surface area contributed by atoms with Crippen molar-refractivity contribution in [3.63, 3.8) is 0 Å². The third kappa shape index (κ3) is 6.41. The monoisotopic (exact) mass is 383 g/mol.